The van der Waals surface area contributed by atoms with Crippen molar-refractivity contribution in [3.05, 3.63) is 99.6 Å². The minimum atomic E-state index is -0.710. The average Bonchev–Trinajstić information content (AvgIpc) is 2.84. The summed E-state index contributed by atoms with van der Waals surface area (Å²) in [5.41, 5.74) is 7.09. The van der Waals surface area contributed by atoms with Gasteiger partial charge in [0.2, 0.25) is 0 Å². The van der Waals surface area contributed by atoms with Crippen LogP contribution in [0.3, 0.4) is 0 Å². The van der Waals surface area contributed by atoms with E-state index in [0.717, 1.165) is 18.5 Å². The van der Waals surface area contributed by atoms with Gasteiger partial charge >= 0.3 is 0 Å². The van der Waals surface area contributed by atoms with Gasteiger partial charge in [0.05, 0.1) is 39.1 Å². The molecular weight excluding hydrogens is 442 g/mol. The summed E-state index contributed by atoms with van der Waals surface area (Å²) < 4.78 is 11.5. The molecule has 6 nitrogen and oxygen atoms in total. The summed E-state index contributed by atoms with van der Waals surface area (Å²) in [7, 11) is 0. The average molecular weight is 480 g/mol. The molecule has 0 radical (unpaired) electrons. The molecule has 0 aliphatic heterocycles. The maximum Gasteiger partial charge on any atom is 0.121 e. The molecule has 6 heteroatoms. The molecule has 0 amide bonds. The van der Waals surface area contributed by atoms with E-state index in [2.05, 4.69) is 55.6 Å². The first-order valence-electron chi connectivity index (χ1n) is 12.1. The minimum Gasteiger partial charge on any atom is -0.508 e. The fourth-order valence-electron chi connectivity index (χ4n) is 4.05. The number of aliphatic hydroxyl groups is 2. The lowest BCUT2D eigenvalue weighted by Gasteiger charge is -2.14. The second-order valence-electron chi connectivity index (χ2n) is 8.94. The molecule has 3 aromatic rings. The van der Waals surface area contributed by atoms with Crippen LogP contribution in [-0.2, 0) is 35.7 Å². The van der Waals surface area contributed by atoms with E-state index in [1.54, 1.807) is 12.1 Å². The number of nitrogens with one attached hydrogen (secondary N) is 1. The highest BCUT2D eigenvalue weighted by atomic mass is 16.5. The maximum absolute atomic E-state index is 10.4. The van der Waals surface area contributed by atoms with Gasteiger partial charge in [-0.1, -0.05) is 59.7 Å². The van der Waals surface area contributed by atoms with Gasteiger partial charge in [0.1, 0.15) is 5.75 Å². The van der Waals surface area contributed by atoms with Gasteiger partial charge in [0.25, 0.3) is 0 Å². The van der Waals surface area contributed by atoms with E-state index in [4.69, 9.17) is 9.47 Å². The second-order valence-corrected chi connectivity index (χ2v) is 8.94. The van der Waals surface area contributed by atoms with Crippen molar-refractivity contribution in [2.45, 2.75) is 46.2 Å². The van der Waals surface area contributed by atoms with Crippen LogP contribution < -0.4 is 5.32 Å². The van der Waals surface area contributed by atoms with Gasteiger partial charge in [0, 0.05) is 12.1 Å². The molecule has 3 rings (SSSR count). The third-order valence-corrected chi connectivity index (χ3v) is 5.77. The van der Waals surface area contributed by atoms with Crippen molar-refractivity contribution in [2.75, 3.05) is 26.3 Å². The lowest BCUT2D eigenvalue weighted by Crippen LogP contribution is -2.23. The molecule has 0 saturated heterocycles. The Bertz CT molecular complexity index is 1050. The standard InChI is InChI=1S/C29H37NO5/c1-21-12-22(2)14-25(13-21)20-35-11-10-34-19-24-5-3-4-23(15-24)8-9-30-17-29(33)26-6-7-28(32)27(16-26)18-31/h3-7,12-16,29-33H,8-11,17-20H2,1-2H3/t29-/m0/s1. The zero-order chi connectivity index (χ0) is 25.0. The van der Waals surface area contributed by atoms with Crippen LogP contribution in [0.5, 0.6) is 5.75 Å². The monoisotopic (exact) mass is 479 g/mol. The number of hydrogen-bond donors (Lipinski definition) is 4. The van der Waals surface area contributed by atoms with Gasteiger partial charge in [-0.15, -0.1) is 0 Å². The molecule has 0 bridgehead atoms. The summed E-state index contributed by atoms with van der Waals surface area (Å²) in [4.78, 5) is 0. The van der Waals surface area contributed by atoms with Crippen molar-refractivity contribution < 1.29 is 24.8 Å². The molecule has 0 saturated carbocycles. The van der Waals surface area contributed by atoms with Gasteiger partial charge in [-0.25, -0.2) is 0 Å². The van der Waals surface area contributed by atoms with Crippen molar-refractivity contribution >= 4 is 0 Å². The number of phenols is 1. The number of aryl methyl sites for hydroxylation is 2. The molecule has 0 spiro atoms. The number of rotatable bonds is 14. The van der Waals surface area contributed by atoms with Crippen LogP contribution in [0.2, 0.25) is 0 Å². The zero-order valence-corrected chi connectivity index (χ0v) is 20.7. The Labute approximate surface area is 208 Å². The summed E-state index contributed by atoms with van der Waals surface area (Å²) in [6, 6.07) is 19.6. The molecule has 0 aliphatic carbocycles. The molecule has 188 valence electrons. The summed E-state index contributed by atoms with van der Waals surface area (Å²) >= 11 is 0. The van der Waals surface area contributed by atoms with Crippen molar-refractivity contribution in [3.8, 4) is 5.75 Å². The van der Waals surface area contributed by atoms with Gasteiger partial charge in [-0.3, -0.25) is 0 Å². The Morgan fingerprint density at radius 1 is 0.829 bits per heavy atom. The van der Waals surface area contributed by atoms with Crippen LogP contribution in [0.1, 0.15) is 45.0 Å². The summed E-state index contributed by atoms with van der Waals surface area (Å²) in [6.07, 6.45) is 0.120. The molecule has 4 N–H and O–H groups in total. The topological polar surface area (TPSA) is 91.2 Å². The molecule has 3 aromatic carbocycles. The molecule has 0 unspecified atom stereocenters. The largest absolute Gasteiger partial charge is 0.508 e. The Kier molecular flexibility index (Phi) is 10.7. The SMILES string of the molecule is Cc1cc(C)cc(COCCOCc2cccc(CCNC[C@H](O)c3ccc(O)c(CO)c3)c2)c1. The quantitative estimate of drug-likeness (QED) is 0.260. The summed E-state index contributed by atoms with van der Waals surface area (Å²) in [6.45, 7) is 7.28. The molecular formula is C29H37NO5. The van der Waals surface area contributed by atoms with E-state index < -0.39 is 6.10 Å². The lowest BCUT2D eigenvalue weighted by molar-refractivity contribution is 0.0338. The van der Waals surface area contributed by atoms with E-state index in [-0.39, 0.29) is 12.4 Å². The van der Waals surface area contributed by atoms with Crippen molar-refractivity contribution in [3.63, 3.8) is 0 Å². The Morgan fingerprint density at radius 3 is 2.23 bits per heavy atom. The van der Waals surface area contributed by atoms with Crippen LogP contribution in [0, 0.1) is 13.8 Å². The number of aromatic hydroxyl groups is 1. The molecule has 0 heterocycles. The minimum absolute atomic E-state index is 0.0325. The van der Waals surface area contributed by atoms with Crippen LogP contribution in [0.25, 0.3) is 0 Å². The van der Waals surface area contributed by atoms with Crippen molar-refractivity contribution in [1.29, 1.82) is 0 Å². The van der Waals surface area contributed by atoms with Gasteiger partial charge in [-0.05, 0) is 61.2 Å². The predicted octanol–water partition coefficient (Wildman–Crippen LogP) is 4.10. The number of benzene rings is 3. The summed E-state index contributed by atoms with van der Waals surface area (Å²) in [5, 5.41) is 32.6. The van der Waals surface area contributed by atoms with E-state index in [1.807, 2.05) is 6.07 Å². The number of ether oxygens (including phenoxy) is 2. The Morgan fingerprint density at radius 2 is 1.51 bits per heavy atom. The van der Waals surface area contributed by atoms with Gasteiger partial charge < -0.3 is 30.1 Å². The van der Waals surface area contributed by atoms with E-state index in [0.29, 0.717) is 44.1 Å². The molecule has 0 aromatic heterocycles. The van der Waals surface area contributed by atoms with E-state index in [9.17, 15) is 15.3 Å². The maximum atomic E-state index is 10.4. The third-order valence-electron chi connectivity index (χ3n) is 5.77. The zero-order valence-electron chi connectivity index (χ0n) is 20.7. The first kappa shape index (κ1) is 26.9. The number of hydrogen-bond acceptors (Lipinski definition) is 6. The van der Waals surface area contributed by atoms with Gasteiger partial charge in [0.15, 0.2) is 0 Å². The normalized spacial score (nSPS) is 12.1. The Balaban J connectivity index is 1.32. The highest BCUT2D eigenvalue weighted by molar-refractivity contribution is 5.36. The van der Waals surface area contributed by atoms with Crippen molar-refractivity contribution in [1.82, 2.24) is 5.32 Å². The fourth-order valence-corrected chi connectivity index (χ4v) is 4.05. The molecule has 35 heavy (non-hydrogen) atoms. The lowest BCUT2D eigenvalue weighted by atomic mass is 10.0. The van der Waals surface area contributed by atoms with Crippen LogP contribution >= 0.6 is 0 Å². The fraction of sp³-hybridized carbons (Fsp3) is 0.379. The smallest absolute Gasteiger partial charge is 0.121 e. The third kappa shape index (κ3) is 9.09. The molecule has 1 atom stereocenters. The highest BCUT2D eigenvalue weighted by Gasteiger charge is 2.10. The van der Waals surface area contributed by atoms with Crippen LogP contribution in [0.15, 0.2) is 60.7 Å². The summed E-state index contributed by atoms with van der Waals surface area (Å²) in [5.74, 6) is 0.0325. The number of aliphatic hydroxyl groups excluding tert-OH is 2. The Hall–Kier alpha value is -2.74. The second kappa shape index (κ2) is 14.0. The van der Waals surface area contributed by atoms with E-state index in [1.165, 1.54) is 28.3 Å². The molecule has 0 aliphatic rings. The van der Waals surface area contributed by atoms with Crippen molar-refractivity contribution in [2.24, 2.45) is 0 Å². The van der Waals surface area contributed by atoms with E-state index >= 15 is 0 Å². The first-order chi connectivity index (χ1) is 16.9. The predicted molar refractivity (Wildman–Crippen MR) is 137 cm³/mol. The van der Waals surface area contributed by atoms with Crippen LogP contribution in [0.4, 0.5) is 0 Å². The highest BCUT2D eigenvalue weighted by Crippen LogP contribution is 2.22. The van der Waals surface area contributed by atoms with Gasteiger partial charge in [-0.2, -0.15) is 0 Å². The first-order valence-corrected chi connectivity index (χ1v) is 12.1. The molecule has 0 fully saturated rings. The van der Waals surface area contributed by atoms with Crippen LogP contribution in [-0.4, -0.2) is 41.6 Å².